The molecule has 27 heavy (non-hydrogen) atoms. The zero-order valence-corrected chi connectivity index (χ0v) is 16.6. The molecule has 2 heterocycles. The Balaban J connectivity index is 1.48. The maximum atomic E-state index is 4.53. The molecule has 0 spiro atoms. The van der Waals surface area contributed by atoms with E-state index >= 15 is 0 Å². The summed E-state index contributed by atoms with van der Waals surface area (Å²) in [6, 6.07) is 11.8. The fourth-order valence-corrected chi connectivity index (χ4v) is 4.80. The zero-order valence-electron chi connectivity index (χ0n) is 16.6. The van der Waals surface area contributed by atoms with Crippen LogP contribution in [0.15, 0.2) is 30.3 Å². The van der Waals surface area contributed by atoms with Gasteiger partial charge in [0.15, 0.2) is 0 Å². The Morgan fingerprint density at radius 2 is 1.85 bits per heavy atom. The molecule has 0 unspecified atom stereocenters. The second-order valence-electron chi connectivity index (χ2n) is 8.10. The lowest BCUT2D eigenvalue weighted by Gasteiger charge is -2.37. The average Bonchev–Trinajstić information content (AvgIpc) is 3.41. The SMILES string of the molecule is CCCC[C@@H](c1nnnn1C1CCCC1)[NH+]1CCN(c2ccccc2)CC1. The first kappa shape index (κ1) is 18.4. The van der Waals surface area contributed by atoms with Crippen LogP contribution in [-0.2, 0) is 0 Å². The van der Waals surface area contributed by atoms with Crippen molar-refractivity contribution in [2.24, 2.45) is 0 Å². The first-order chi connectivity index (χ1) is 13.4. The van der Waals surface area contributed by atoms with Gasteiger partial charge in [-0.2, -0.15) is 0 Å². The van der Waals surface area contributed by atoms with E-state index in [9.17, 15) is 0 Å². The van der Waals surface area contributed by atoms with Crippen LogP contribution in [0.3, 0.4) is 0 Å². The summed E-state index contributed by atoms with van der Waals surface area (Å²) in [4.78, 5) is 4.17. The molecule has 146 valence electrons. The van der Waals surface area contributed by atoms with Gasteiger partial charge in [-0.05, 0) is 41.8 Å². The summed E-state index contributed by atoms with van der Waals surface area (Å²) in [7, 11) is 0. The topological polar surface area (TPSA) is 51.3 Å². The van der Waals surface area contributed by atoms with Gasteiger partial charge in [0, 0.05) is 12.1 Å². The Bertz CT molecular complexity index is 686. The predicted octanol–water partition coefficient (Wildman–Crippen LogP) is 2.42. The highest BCUT2D eigenvalue weighted by molar-refractivity contribution is 5.46. The largest absolute Gasteiger partial charge is 0.360 e. The van der Waals surface area contributed by atoms with Crippen molar-refractivity contribution >= 4 is 5.69 Å². The number of hydrogen-bond donors (Lipinski definition) is 1. The molecule has 1 aliphatic carbocycles. The number of tetrazole rings is 1. The van der Waals surface area contributed by atoms with Crippen LogP contribution in [0.2, 0.25) is 0 Å². The van der Waals surface area contributed by atoms with Crippen LogP contribution < -0.4 is 9.80 Å². The number of nitrogens with one attached hydrogen (secondary N) is 1. The number of nitrogens with zero attached hydrogens (tertiary/aromatic N) is 5. The summed E-state index contributed by atoms with van der Waals surface area (Å²) < 4.78 is 2.18. The van der Waals surface area contributed by atoms with Gasteiger partial charge in [-0.3, -0.25) is 0 Å². The van der Waals surface area contributed by atoms with Crippen LogP contribution >= 0.6 is 0 Å². The lowest BCUT2D eigenvalue weighted by atomic mass is 10.1. The van der Waals surface area contributed by atoms with E-state index in [2.05, 4.69) is 62.4 Å². The Morgan fingerprint density at radius 3 is 2.56 bits per heavy atom. The number of benzene rings is 1. The van der Waals surface area contributed by atoms with Crippen LogP contribution in [0.1, 0.15) is 69.8 Å². The highest BCUT2D eigenvalue weighted by Gasteiger charge is 2.34. The number of unbranched alkanes of at least 4 members (excludes halogenated alkanes) is 1. The molecule has 1 aromatic carbocycles. The highest BCUT2D eigenvalue weighted by atomic mass is 15.6. The summed E-state index contributed by atoms with van der Waals surface area (Å²) in [5, 5.41) is 13.0. The molecule has 2 fully saturated rings. The molecule has 6 heteroatoms. The Labute approximate surface area is 162 Å². The molecule has 1 N–H and O–H groups in total. The molecule has 1 saturated carbocycles. The molecule has 0 amide bonds. The minimum absolute atomic E-state index is 0.429. The number of anilines is 1. The number of hydrogen-bond acceptors (Lipinski definition) is 4. The fraction of sp³-hybridized carbons (Fsp3) is 0.667. The van der Waals surface area contributed by atoms with E-state index in [1.54, 1.807) is 4.90 Å². The van der Waals surface area contributed by atoms with E-state index < -0.39 is 0 Å². The third-order valence-electron chi connectivity index (χ3n) is 6.37. The normalized spacial score (nSPS) is 20.3. The standard InChI is InChI=1S/C21H32N6/c1-2-3-13-20(21-22-23-24-27(21)19-11-7-8-12-19)26-16-14-25(15-17-26)18-9-5-4-6-10-18/h4-6,9-10,19-20H,2-3,7-8,11-17H2,1H3/p+1/t20-/m0/s1. The van der Waals surface area contributed by atoms with Gasteiger partial charge in [-0.25, -0.2) is 4.68 Å². The molecule has 1 aliphatic heterocycles. The smallest absolute Gasteiger partial charge is 0.209 e. The monoisotopic (exact) mass is 369 g/mol. The van der Waals surface area contributed by atoms with Crippen molar-refractivity contribution in [3.63, 3.8) is 0 Å². The minimum Gasteiger partial charge on any atom is -0.360 e. The molecule has 0 bridgehead atoms. The van der Waals surface area contributed by atoms with Crippen molar-refractivity contribution in [2.75, 3.05) is 31.1 Å². The number of rotatable bonds is 7. The van der Waals surface area contributed by atoms with Crippen LogP contribution in [0.4, 0.5) is 5.69 Å². The van der Waals surface area contributed by atoms with E-state index in [-0.39, 0.29) is 0 Å². The molecular weight excluding hydrogens is 336 g/mol. The van der Waals surface area contributed by atoms with Gasteiger partial charge in [-0.1, -0.05) is 44.4 Å². The molecule has 2 aromatic rings. The predicted molar refractivity (Wildman–Crippen MR) is 107 cm³/mol. The fourth-order valence-electron chi connectivity index (χ4n) is 4.80. The third kappa shape index (κ3) is 4.15. The zero-order chi connectivity index (χ0) is 18.5. The van der Waals surface area contributed by atoms with Gasteiger partial charge >= 0.3 is 0 Å². The maximum Gasteiger partial charge on any atom is 0.209 e. The summed E-state index contributed by atoms with van der Waals surface area (Å²) in [5.74, 6) is 1.14. The van der Waals surface area contributed by atoms with Gasteiger partial charge in [0.05, 0.1) is 32.2 Å². The van der Waals surface area contributed by atoms with Crippen molar-refractivity contribution in [2.45, 2.75) is 64.0 Å². The van der Waals surface area contributed by atoms with Gasteiger partial charge in [0.2, 0.25) is 5.82 Å². The van der Waals surface area contributed by atoms with Crippen LogP contribution in [0.25, 0.3) is 0 Å². The second-order valence-corrected chi connectivity index (χ2v) is 8.10. The quantitative estimate of drug-likeness (QED) is 0.814. The first-order valence-corrected chi connectivity index (χ1v) is 10.8. The number of aromatic nitrogens is 4. The number of para-hydroxylation sites is 1. The minimum atomic E-state index is 0.429. The van der Waals surface area contributed by atoms with Gasteiger partial charge < -0.3 is 9.80 Å². The van der Waals surface area contributed by atoms with Crippen LogP contribution in [-0.4, -0.2) is 46.4 Å². The molecule has 1 atom stereocenters. The first-order valence-electron chi connectivity index (χ1n) is 10.8. The van der Waals surface area contributed by atoms with Gasteiger partial charge in [0.1, 0.15) is 6.04 Å². The molecule has 1 aromatic heterocycles. The number of quaternary nitrogens is 1. The van der Waals surface area contributed by atoms with Crippen LogP contribution in [0.5, 0.6) is 0 Å². The van der Waals surface area contributed by atoms with Gasteiger partial charge in [-0.15, -0.1) is 5.10 Å². The van der Waals surface area contributed by atoms with Crippen molar-refractivity contribution in [3.05, 3.63) is 36.2 Å². The Hall–Kier alpha value is -1.95. The van der Waals surface area contributed by atoms with Gasteiger partial charge in [0.25, 0.3) is 0 Å². The van der Waals surface area contributed by atoms with E-state index in [1.807, 2.05) is 0 Å². The van der Waals surface area contributed by atoms with E-state index in [4.69, 9.17) is 0 Å². The maximum absolute atomic E-state index is 4.53. The van der Waals surface area contributed by atoms with Crippen molar-refractivity contribution in [3.8, 4) is 0 Å². The lowest BCUT2D eigenvalue weighted by molar-refractivity contribution is -0.933. The Kier molecular flexibility index (Phi) is 6.02. The van der Waals surface area contributed by atoms with E-state index in [0.717, 1.165) is 32.0 Å². The third-order valence-corrected chi connectivity index (χ3v) is 6.37. The summed E-state index contributed by atoms with van der Waals surface area (Å²) in [6.07, 6.45) is 8.74. The van der Waals surface area contributed by atoms with E-state index in [0.29, 0.717) is 12.1 Å². The summed E-state index contributed by atoms with van der Waals surface area (Å²) in [5.41, 5.74) is 1.34. The molecule has 2 aliphatic rings. The second kappa shape index (κ2) is 8.83. The molecular formula is C21H33N6+. The molecule has 6 nitrogen and oxygen atoms in total. The van der Waals surface area contributed by atoms with Crippen LogP contribution in [0, 0.1) is 0 Å². The van der Waals surface area contributed by atoms with Crippen molar-refractivity contribution in [1.82, 2.24) is 20.2 Å². The molecule has 4 rings (SSSR count). The summed E-state index contributed by atoms with van der Waals surface area (Å²) in [6.45, 7) is 6.79. The van der Waals surface area contributed by atoms with E-state index in [1.165, 1.54) is 50.6 Å². The molecule has 0 radical (unpaired) electrons. The molecule has 1 saturated heterocycles. The average molecular weight is 370 g/mol. The Morgan fingerprint density at radius 1 is 1.11 bits per heavy atom. The van der Waals surface area contributed by atoms with Crippen molar-refractivity contribution < 1.29 is 4.90 Å². The number of piperazine rings is 1. The summed E-state index contributed by atoms with van der Waals surface area (Å²) >= 11 is 0. The lowest BCUT2D eigenvalue weighted by Crippen LogP contribution is -3.15. The highest BCUT2D eigenvalue weighted by Crippen LogP contribution is 2.30. The van der Waals surface area contributed by atoms with Crippen molar-refractivity contribution in [1.29, 1.82) is 0 Å².